The number of para-hydroxylation sites is 1. The van der Waals surface area contributed by atoms with Crippen molar-refractivity contribution in [1.82, 2.24) is 15.3 Å². The van der Waals surface area contributed by atoms with Gasteiger partial charge in [0.05, 0.1) is 37.3 Å². The second-order valence-corrected chi connectivity index (χ2v) is 7.58. The molecule has 172 valence electrons. The van der Waals surface area contributed by atoms with Crippen molar-refractivity contribution in [1.29, 1.82) is 0 Å². The van der Waals surface area contributed by atoms with Crippen LogP contribution in [0.5, 0.6) is 5.75 Å². The lowest BCUT2D eigenvalue weighted by Crippen LogP contribution is -2.36. The largest absolute Gasteiger partial charge is 0.494 e. The number of carbonyl (C=O) groups excluding carboxylic acids is 1. The van der Waals surface area contributed by atoms with E-state index in [1.165, 1.54) is 0 Å². The minimum Gasteiger partial charge on any atom is -0.494 e. The van der Waals surface area contributed by atoms with Gasteiger partial charge < -0.3 is 30.3 Å². The number of nitrogens with one attached hydrogen (secondary N) is 3. The molecule has 4 rings (SSSR count). The molecule has 0 spiro atoms. The predicted molar refractivity (Wildman–Crippen MR) is 129 cm³/mol. The van der Waals surface area contributed by atoms with Crippen LogP contribution in [0, 0.1) is 6.92 Å². The molecular formula is C24H28N6O3. The first-order chi connectivity index (χ1) is 16.1. The average molecular weight is 449 g/mol. The highest BCUT2D eigenvalue weighted by Gasteiger charge is 2.15. The third kappa shape index (κ3) is 5.15. The molecule has 0 saturated carbocycles. The molecular weight excluding hydrogens is 420 g/mol. The molecule has 0 unspecified atom stereocenters. The van der Waals surface area contributed by atoms with Crippen molar-refractivity contribution in [2.75, 3.05) is 56.0 Å². The number of ether oxygens (including phenoxy) is 2. The van der Waals surface area contributed by atoms with Crippen molar-refractivity contribution in [2.24, 2.45) is 0 Å². The van der Waals surface area contributed by atoms with E-state index in [2.05, 4.69) is 30.8 Å². The summed E-state index contributed by atoms with van der Waals surface area (Å²) in [4.78, 5) is 23.5. The first-order valence-electron chi connectivity index (χ1n) is 10.8. The second kappa shape index (κ2) is 10.2. The zero-order chi connectivity index (χ0) is 23.2. The van der Waals surface area contributed by atoms with E-state index in [0.717, 1.165) is 43.2 Å². The number of aryl methyl sites for hydroxylation is 1. The summed E-state index contributed by atoms with van der Waals surface area (Å²) in [5.41, 5.74) is 3.89. The highest BCUT2D eigenvalue weighted by Crippen LogP contribution is 2.32. The molecule has 0 bridgehead atoms. The smallest absolute Gasteiger partial charge is 0.253 e. The topological polar surface area (TPSA) is 101 Å². The number of benzene rings is 2. The fourth-order valence-corrected chi connectivity index (χ4v) is 3.60. The van der Waals surface area contributed by atoms with Crippen molar-refractivity contribution in [3.63, 3.8) is 0 Å². The van der Waals surface area contributed by atoms with Gasteiger partial charge in [-0.1, -0.05) is 12.1 Å². The minimum absolute atomic E-state index is 0.173. The Labute approximate surface area is 193 Å². The van der Waals surface area contributed by atoms with Crippen molar-refractivity contribution >= 4 is 34.7 Å². The summed E-state index contributed by atoms with van der Waals surface area (Å²) >= 11 is 0. The molecule has 1 aliphatic rings. The number of aromatic nitrogens is 2. The van der Waals surface area contributed by atoms with Crippen LogP contribution in [0.3, 0.4) is 0 Å². The summed E-state index contributed by atoms with van der Waals surface area (Å²) in [7, 11) is 3.25. The van der Waals surface area contributed by atoms with Crippen molar-refractivity contribution in [3.05, 3.63) is 59.8 Å². The number of amides is 1. The first-order valence-corrected chi connectivity index (χ1v) is 10.8. The van der Waals surface area contributed by atoms with Crippen LogP contribution in [0.4, 0.5) is 28.8 Å². The van der Waals surface area contributed by atoms with E-state index in [1.807, 2.05) is 43.3 Å². The summed E-state index contributed by atoms with van der Waals surface area (Å²) in [5, 5.41) is 9.17. The number of morpholine rings is 1. The Hall–Kier alpha value is -3.85. The number of rotatable bonds is 7. The van der Waals surface area contributed by atoms with E-state index in [0.29, 0.717) is 28.8 Å². The van der Waals surface area contributed by atoms with Crippen LogP contribution in [0.1, 0.15) is 15.9 Å². The van der Waals surface area contributed by atoms with Crippen LogP contribution < -0.4 is 25.6 Å². The van der Waals surface area contributed by atoms with E-state index < -0.39 is 0 Å². The molecule has 1 fully saturated rings. The van der Waals surface area contributed by atoms with E-state index in [4.69, 9.17) is 9.47 Å². The molecule has 1 amide bonds. The van der Waals surface area contributed by atoms with Crippen LogP contribution in [0.15, 0.2) is 48.7 Å². The summed E-state index contributed by atoms with van der Waals surface area (Å²) in [5.74, 6) is 1.54. The molecule has 9 heteroatoms. The Kier molecular flexibility index (Phi) is 6.89. The van der Waals surface area contributed by atoms with E-state index in [-0.39, 0.29) is 5.91 Å². The first kappa shape index (κ1) is 22.3. The van der Waals surface area contributed by atoms with E-state index in [1.54, 1.807) is 26.4 Å². The van der Waals surface area contributed by atoms with Gasteiger partial charge in [0.15, 0.2) is 0 Å². The summed E-state index contributed by atoms with van der Waals surface area (Å²) in [6, 6.07) is 13.3. The molecule has 1 saturated heterocycles. The lowest BCUT2D eigenvalue weighted by molar-refractivity contribution is 0.0964. The lowest BCUT2D eigenvalue weighted by Gasteiger charge is -2.29. The van der Waals surface area contributed by atoms with Crippen LogP contribution in [0.25, 0.3) is 0 Å². The maximum atomic E-state index is 12.2. The summed E-state index contributed by atoms with van der Waals surface area (Å²) in [6.07, 6.45) is 1.73. The van der Waals surface area contributed by atoms with Crippen molar-refractivity contribution < 1.29 is 14.3 Å². The van der Waals surface area contributed by atoms with Crippen LogP contribution in [-0.2, 0) is 4.74 Å². The molecule has 9 nitrogen and oxygen atoms in total. The Morgan fingerprint density at radius 3 is 2.64 bits per heavy atom. The van der Waals surface area contributed by atoms with Gasteiger partial charge in [0.2, 0.25) is 5.95 Å². The number of anilines is 5. The number of nitrogens with zero attached hydrogens (tertiary/aromatic N) is 3. The molecule has 0 radical (unpaired) electrons. The van der Waals surface area contributed by atoms with Gasteiger partial charge in [-0.15, -0.1) is 0 Å². The third-order valence-electron chi connectivity index (χ3n) is 5.43. The maximum Gasteiger partial charge on any atom is 0.253 e. The summed E-state index contributed by atoms with van der Waals surface area (Å²) < 4.78 is 11.1. The molecule has 1 aromatic heterocycles. The van der Waals surface area contributed by atoms with Gasteiger partial charge in [-0.2, -0.15) is 4.98 Å². The van der Waals surface area contributed by atoms with Gasteiger partial charge in [-0.05, 0) is 31.2 Å². The van der Waals surface area contributed by atoms with Gasteiger partial charge in [0.1, 0.15) is 11.6 Å². The molecule has 2 aromatic carbocycles. The molecule has 0 aliphatic carbocycles. The predicted octanol–water partition coefficient (Wildman–Crippen LogP) is 3.48. The Morgan fingerprint density at radius 2 is 1.88 bits per heavy atom. The van der Waals surface area contributed by atoms with Gasteiger partial charge >= 0.3 is 0 Å². The van der Waals surface area contributed by atoms with E-state index in [9.17, 15) is 4.79 Å². The average Bonchev–Trinajstić information content (AvgIpc) is 2.86. The Morgan fingerprint density at radius 1 is 1.09 bits per heavy atom. The zero-order valence-electron chi connectivity index (χ0n) is 19.0. The normalized spacial score (nSPS) is 13.4. The quantitative estimate of drug-likeness (QED) is 0.505. The molecule has 3 N–H and O–H groups in total. The van der Waals surface area contributed by atoms with Crippen molar-refractivity contribution in [2.45, 2.75) is 6.92 Å². The standard InChI is InChI=1S/C24H28N6O3/c1-16-15-26-24(29-22(16)27-19-7-5-4-6-18(19)23(31)25-2)28-20-9-8-17(14-21(20)32-3)30-10-12-33-13-11-30/h4-9,14-15H,10-13H2,1-3H3,(H,25,31)(H2,26,27,28,29). The minimum atomic E-state index is -0.173. The van der Waals surface area contributed by atoms with E-state index >= 15 is 0 Å². The Balaban J connectivity index is 1.57. The maximum absolute atomic E-state index is 12.2. The molecule has 0 atom stereocenters. The fourth-order valence-electron chi connectivity index (χ4n) is 3.60. The van der Waals surface area contributed by atoms with Crippen LogP contribution >= 0.6 is 0 Å². The highest BCUT2D eigenvalue weighted by molar-refractivity contribution is 6.00. The zero-order valence-corrected chi connectivity index (χ0v) is 19.0. The van der Waals surface area contributed by atoms with Crippen molar-refractivity contribution in [3.8, 4) is 5.75 Å². The molecule has 1 aliphatic heterocycles. The third-order valence-corrected chi connectivity index (χ3v) is 5.43. The van der Waals surface area contributed by atoms with Gasteiger partial charge in [0.25, 0.3) is 5.91 Å². The molecule has 33 heavy (non-hydrogen) atoms. The van der Waals surface area contributed by atoms with Crippen LogP contribution in [0.2, 0.25) is 0 Å². The fraction of sp³-hybridized carbons (Fsp3) is 0.292. The number of hydrogen-bond donors (Lipinski definition) is 3. The number of hydrogen-bond acceptors (Lipinski definition) is 8. The number of carbonyl (C=O) groups is 1. The monoisotopic (exact) mass is 448 g/mol. The van der Waals surface area contributed by atoms with Gasteiger partial charge in [-0.3, -0.25) is 4.79 Å². The highest BCUT2D eigenvalue weighted by atomic mass is 16.5. The SMILES string of the molecule is CNC(=O)c1ccccc1Nc1nc(Nc2ccc(N3CCOCC3)cc2OC)ncc1C. The number of methoxy groups -OCH3 is 1. The Bertz CT molecular complexity index is 1130. The summed E-state index contributed by atoms with van der Waals surface area (Å²) in [6.45, 7) is 5.05. The van der Waals surface area contributed by atoms with Gasteiger partial charge in [0, 0.05) is 43.7 Å². The molecule has 2 heterocycles. The lowest BCUT2D eigenvalue weighted by atomic mass is 10.1. The van der Waals surface area contributed by atoms with Crippen LogP contribution in [-0.4, -0.2) is 56.3 Å². The molecule has 3 aromatic rings. The second-order valence-electron chi connectivity index (χ2n) is 7.58. The van der Waals surface area contributed by atoms with Gasteiger partial charge in [-0.25, -0.2) is 4.98 Å².